The minimum Gasteiger partial charge on any atom is -0.457 e. The van der Waals surface area contributed by atoms with Crippen LogP contribution in [0, 0.1) is 0 Å². The molecule has 98 valence electrons. The predicted octanol–water partition coefficient (Wildman–Crippen LogP) is 3.81. The quantitative estimate of drug-likeness (QED) is 0.635. The second-order valence-corrected chi connectivity index (χ2v) is 4.99. The number of hydrogen-bond donors (Lipinski definition) is 0. The lowest BCUT2D eigenvalue weighted by Crippen LogP contribution is -2.07. The number of carbonyl (C=O) groups excluding carboxylic acids is 1. The second kappa shape index (κ2) is 6.59. The lowest BCUT2D eigenvalue weighted by Gasteiger charge is -2.07. The number of hydrogen-bond acceptors (Lipinski definition) is 4. The number of aromatic nitrogens is 1. The lowest BCUT2D eigenvalue weighted by atomic mass is 10.2. The molecule has 1 aromatic carbocycles. The van der Waals surface area contributed by atoms with Gasteiger partial charge in [-0.15, -0.1) is 11.8 Å². The summed E-state index contributed by atoms with van der Waals surface area (Å²) in [4.78, 5) is 16.1. The average Bonchev–Trinajstić information content (AvgIpc) is 2.46. The number of ether oxygens (including phenoxy) is 1. The number of halogens is 1. The molecular weight excluding hydrogens is 282 g/mol. The van der Waals surface area contributed by atoms with Crippen LogP contribution < -0.4 is 0 Å². The number of benzene rings is 1. The van der Waals surface area contributed by atoms with E-state index in [2.05, 4.69) is 4.98 Å². The summed E-state index contributed by atoms with van der Waals surface area (Å²) < 4.78 is 5.26. The third-order valence-corrected chi connectivity index (χ3v) is 3.43. The standard InChI is InChI=1S/C14H12ClNO2S/c1-19-13-12(3-2-8-16-13)14(17)18-9-10-4-6-11(15)7-5-10/h2-8H,9H2,1H3. The van der Waals surface area contributed by atoms with Crippen molar-refractivity contribution in [1.29, 1.82) is 0 Å². The van der Waals surface area contributed by atoms with E-state index >= 15 is 0 Å². The molecule has 1 heterocycles. The van der Waals surface area contributed by atoms with E-state index in [1.807, 2.05) is 18.4 Å². The molecule has 0 atom stereocenters. The Hall–Kier alpha value is -1.52. The van der Waals surface area contributed by atoms with Gasteiger partial charge in [0.05, 0.1) is 5.56 Å². The van der Waals surface area contributed by atoms with Gasteiger partial charge in [-0.05, 0) is 36.1 Å². The van der Waals surface area contributed by atoms with Gasteiger partial charge in [-0.25, -0.2) is 9.78 Å². The third kappa shape index (κ3) is 3.72. The van der Waals surface area contributed by atoms with Crippen molar-refractivity contribution >= 4 is 29.3 Å². The van der Waals surface area contributed by atoms with Crippen LogP contribution in [0.3, 0.4) is 0 Å². The van der Waals surface area contributed by atoms with E-state index in [4.69, 9.17) is 16.3 Å². The number of rotatable bonds is 4. The largest absolute Gasteiger partial charge is 0.457 e. The predicted molar refractivity (Wildman–Crippen MR) is 76.6 cm³/mol. The molecule has 2 aromatic rings. The van der Waals surface area contributed by atoms with E-state index in [0.29, 0.717) is 15.6 Å². The van der Waals surface area contributed by atoms with E-state index in [1.165, 1.54) is 11.8 Å². The van der Waals surface area contributed by atoms with Gasteiger partial charge in [0.2, 0.25) is 0 Å². The van der Waals surface area contributed by atoms with Crippen LogP contribution in [-0.4, -0.2) is 17.2 Å². The van der Waals surface area contributed by atoms with Crippen molar-refractivity contribution in [3.63, 3.8) is 0 Å². The number of pyridine rings is 1. The molecule has 0 bridgehead atoms. The van der Waals surface area contributed by atoms with E-state index in [9.17, 15) is 4.79 Å². The van der Waals surface area contributed by atoms with E-state index < -0.39 is 0 Å². The van der Waals surface area contributed by atoms with Crippen LogP contribution in [0.2, 0.25) is 5.02 Å². The normalized spacial score (nSPS) is 10.2. The highest BCUT2D eigenvalue weighted by Gasteiger charge is 2.12. The van der Waals surface area contributed by atoms with Gasteiger partial charge in [-0.3, -0.25) is 0 Å². The Morgan fingerprint density at radius 3 is 2.74 bits per heavy atom. The minimum absolute atomic E-state index is 0.221. The Morgan fingerprint density at radius 2 is 2.05 bits per heavy atom. The summed E-state index contributed by atoms with van der Waals surface area (Å²) in [5.41, 5.74) is 1.39. The summed E-state index contributed by atoms with van der Waals surface area (Å²) in [7, 11) is 0. The van der Waals surface area contributed by atoms with Crippen LogP contribution in [0.4, 0.5) is 0 Å². The topological polar surface area (TPSA) is 39.2 Å². The molecule has 3 nitrogen and oxygen atoms in total. The van der Waals surface area contributed by atoms with Crippen LogP contribution in [0.5, 0.6) is 0 Å². The molecule has 0 aliphatic rings. The molecule has 5 heteroatoms. The van der Waals surface area contributed by atoms with Crippen LogP contribution in [0.1, 0.15) is 15.9 Å². The molecule has 1 aromatic heterocycles. The zero-order chi connectivity index (χ0) is 13.7. The number of thioether (sulfide) groups is 1. The van der Waals surface area contributed by atoms with E-state index in [1.54, 1.807) is 30.5 Å². The van der Waals surface area contributed by atoms with Crippen molar-refractivity contribution in [2.45, 2.75) is 11.6 Å². The summed E-state index contributed by atoms with van der Waals surface area (Å²) >= 11 is 7.21. The number of nitrogens with zero attached hydrogens (tertiary/aromatic N) is 1. The van der Waals surface area contributed by atoms with Gasteiger partial charge in [-0.2, -0.15) is 0 Å². The van der Waals surface area contributed by atoms with Gasteiger partial charge in [0.15, 0.2) is 0 Å². The number of esters is 1. The lowest BCUT2D eigenvalue weighted by molar-refractivity contribution is 0.0467. The molecule has 0 aliphatic carbocycles. The Bertz CT molecular complexity index is 572. The summed E-state index contributed by atoms with van der Waals surface area (Å²) in [5, 5.41) is 1.33. The van der Waals surface area contributed by atoms with Gasteiger partial charge in [0.1, 0.15) is 11.6 Å². The third-order valence-electron chi connectivity index (χ3n) is 2.47. The molecular formula is C14H12ClNO2S. The van der Waals surface area contributed by atoms with Crippen LogP contribution in [0.15, 0.2) is 47.6 Å². The molecule has 0 radical (unpaired) electrons. The monoisotopic (exact) mass is 293 g/mol. The Morgan fingerprint density at radius 1 is 1.32 bits per heavy atom. The maximum Gasteiger partial charge on any atom is 0.341 e. The van der Waals surface area contributed by atoms with Crippen molar-refractivity contribution in [3.8, 4) is 0 Å². The van der Waals surface area contributed by atoms with Gasteiger partial charge in [-0.1, -0.05) is 23.7 Å². The average molecular weight is 294 g/mol. The summed E-state index contributed by atoms with van der Waals surface area (Å²) in [6.07, 6.45) is 3.53. The zero-order valence-electron chi connectivity index (χ0n) is 10.3. The first-order chi connectivity index (χ1) is 9.20. The summed E-state index contributed by atoms with van der Waals surface area (Å²) in [6.45, 7) is 0.221. The van der Waals surface area contributed by atoms with E-state index in [0.717, 1.165) is 5.56 Å². The maximum absolute atomic E-state index is 12.0. The first-order valence-electron chi connectivity index (χ1n) is 5.61. The van der Waals surface area contributed by atoms with Crippen molar-refractivity contribution in [2.75, 3.05) is 6.26 Å². The van der Waals surface area contributed by atoms with Crippen LogP contribution >= 0.6 is 23.4 Å². The van der Waals surface area contributed by atoms with Crippen molar-refractivity contribution in [3.05, 3.63) is 58.7 Å². The molecule has 0 saturated carbocycles. The van der Waals surface area contributed by atoms with Crippen molar-refractivity contribution < 1.29 is 9.53 Å². The minimum atomic E-state index is -0.368. The van der Waals surface area contributed by atoms with Gasteiger partial charge in [0.25, 0.3) is 0 Å². The molecule has 0 N–H and O–H groups in total. The molecule has 0 aliphatic heterocycles. The Kier molecular flexibility index (Phi) is 4.82. The highest BCUT2D eigenvalue weighted by atomic mass is 35.5. The summed E-state index contributed by atoms with van der Waals surface area (Å²) in [5.74, 6) is -0.368. The van der Waals surface area contributed by atoms with Gasteiger partial charge < -0.3 is 4.74 Å². The van der Waals surface area contributed by atoms with Crippen LogP contribution in [-0.2, 0) is 11.3 Å². The fourth-order valence-electron chi connectivity index (χ4n) is 1.52. The fraction of sp³-hybridized carbons (Fsp3) is 0.143. The molecule has 0 saturated heterocycles. The van der Waals surface area contributed by atoms with Crippen molar-refractivity contribution in [1.82, 2.24) is 4.98 Å². The smallest absolute Gasteiger partial charge is 0.341 e. The SMILES string of the molecule is CSc1ncccc1C(=O)OCc1ccc(Cl)cc1. The summed E-state index contributed by atoms with van der Waals surface area (Å²) in [6, 6.07) is 10.6. The number of carbonyl (C=O) groups is 1. The fourth-order valence-corrected chi connectivity index (χ4v) is 2.18. The van der Waals surface area contributed by atoms with Crippen LogP contribution in [0.25, 0.3) is 0 Å². The Balaban J connectivity index is 2.03. The highest BCUT2D eigenvalue weighted by Crippen LogP contribution is 2.18. The molecule has 0 fully saturated rings. The molecule has 0 spiro atoms. The first-order valence-corrected chi connectivity index (χ1v) is 7.21. The molecule has 0 unspecified atom stereocenters. The Labute approximate surface area is 121 Å². The van der Waals surface area contributed by atoms with Gasteiger partial charge >= 0.3 is 5.97 Å². The molecule has 19 heavy (non-hydrogen) atoms. The molecule has 0 amide bonds. The molecule has 2 rings (SSSR count). The zero-order valence-corrected chi connectivity index (χ0v) is 11.9. The maximum atomic E-state index is 12.0. The first kappa shape index (κ1) is 13.9. The van der Waals surface area contributed by atoms with E-state index in [-0.39, 0.29) is 12.6 Å². The highest BCUT2D eigenvalue weighted by molar-refractivity contribution is 7.98. The second-order valence-electron chi connectivity index (χ2n) is 3.76. The van der Waals surface area contributed by atoms with Crippen molar-refractivity contribution in [2.24, 2.45) is 0 Å². The van der Waals surface area contributed by atoms with Gasteiger partial charge in [0, 0.05) is 11.2 Å².